The molecule has 1 amide bonds. The summed E-state index contributed by atoms with van der Waals surface area (Å²) in [7, 11) is 4.47. The van der Waals surface area contributed by atoms with Crippen molar-refractivity contribution in [2.45, 2.75) is 6.92 Å². The van der Waals surface area contributed by atoms with Gasteiger partial charge >= 0.3 is 5.97 Å². The van der Waals surface area contributed by atoms with E-state index < -0.39 is 5.97 Å². The van der Waals surface area contributed by atoms with E-state index in [2.05, 4.69) is 4.99 Å². The van der Waals surface area contributed by atoms with Crippen LogP contribution in [-0.4, -0.2) is 49.8 Å². The number of rotatable bonds is 6. The van der Waals surface area contributed by atoms with E-state index in [4.69, 9.17) is 14.2 Å². The van der Waals surface area contributed by atoms with Crippen LogP contribution in [0.25, 0.3) is 6.08 Å². The van der Waals surface area contributed by atoms with Gasteiger partial charge in [-0.2, -0.15) is 0 Å². The fraction of sp³-hybridized carbons (Fsp3) is 0.227. The highest BCUT2D eigenvalue weighted by Gasteiger charge is 2.32. The van der Waals surface area contributed by atoms with E-state index in [9.17, 15) is 9.59 Å². The van der Waals surface area contributed by atoms with E-state index in [0.29, 0.717) is 39.4 Å². The molecule has 2 aromatic carbocycles. The van der Waals surface area contributed by atoms with Crippen LogP contribution >= 0.6 is 11.8 Å². The van der Waals surface area contributed by atoms with Gasteiger partial charge in [0.2, 0.25) is 0 Å². The first kappa shape index (κ1) is 21.4. The minimum atomic E-state index is -0.410. The van der Waals surface area contributed by atoms with Crippen molar-refractivity contribution < 1.29 is 23.8 Å². The molecule has 2 aromatic rings. The molecule has 30 heavy (non-hydrogen) atoms. The van der Waals surface area contributed by atoms with Gasteiger partial charge in [-0.15, -0.1) is 0 Å². The molecule has 0 spiro atoms. The maximum Gasteiger partial charge on any atom is 0.337 e. The summed E-state index contributed by atoms with van der Waals surface area (Å²) < 4.78 is 15.5. The lowest BCUT2D eigenvalue weighted by molar-refractivity contribution is -0.122. The van der Waals surface area contributed by atoms with Gasteiger partial charge in [-0.25, -0.2) is 9.79 Å². The lowest BCUT2D eigenvalue weighted by Crippen LogP contribution is -2.28. The zero-order chi connectivity index (χ0) is 21.7. The predicted molar refractivity (Wildman–Crippen MR) is 117 cm³/mol. The number of esters is 1. The third-order valence-corrected chi connectivity index (χ3v) is 5.44. The Morgan fingerprint density at radius 2 is 1.83 bits per heavy atom. The highest BCUT2D eigenvalue weighted by atomic mass is 32.2. The molecular weight excluding hydrogens is 404 g/mol. The molecule has 156 valence electrons. The molecule has 0 saturated carbocycles. The van der Waals surface area contributed by atoms with Crippen LogP contribution in [-0.2, 0) is 9.53 Å². The van der Waals surface area contributed by atoms with Crippen molar-refractivity contribution in [3.8, 4) is 11.5 Å². The Balaban J connectivity index is 1.93. The number of thioether (sulfide) groups is 1. The van der Waals surface area contributed by atoms with Gasteiger partial charge in [-0.3, -0.25) is 9.69 Å². The summed E-state index contributed by atoms with van der Waals surface area (Å²) in [6.45, 7) is 2.38. The number of amidine groups is 1. The zero-order valence-electron chi connectivity index (χ0n) is 17.2. The Kier molecular flexibility index (Phi) is 6.79. The van der Waals surface area contributed by atoms with Gasteiger partial charge in [0.15, 0.2) is 16.7 Å². The number of carbonyl (C=O) groups is 2. The third kappa shape index (κ3) is 4.33. The lowest BCUT2D eigenvalue weighted by Gasteiger charge is -2.12. The number of hydrogen-bond donors (Lipinski definition) is 0. The fourth-order valence-corrected chi connectivity index (χ4v) is 3.99. The Morgan fingerprint density at radius 3 is 2.43 bits per heavy atom. The summed E-state index contributed by atoms with van der Waals surface area (Å²) in [5, 5.41) is 0.571. The van der Waals surface area contributed by atoms with Crippen LogP contribution < -0.4 is 9.47 Å². The molecule has 1 saturated heterocycles. The van der Waals surface area contributed by atoms with Crippen molar-refractivity contribution in [2.75, 3.05) is 27.9 Å². The Hall–Kier alpha value is -3.26. The standard InChI is InChI=1S/C22H22N2O5S/c1-5-24-20(25)18(13-15-7-6-8-17(27-2)19(15)28-3)30-22(24)23-16-11-9-14(10-12-16)21(26)29-4/h6-13H,5H2,1-4H3/b18-13-,23-22?. The smallest absolute Gasteiger partial charge is 0.337 e. The minimum absolute atomic E-state index is 0.127. The van der Waals surface area contributed by atoms with Crippen molar-refractivity contribution in [1.29, 1.82) is 0 Å². The molecule has 0 bridgehead atoms. The fourth-order valence-electron chi connectivity index (χ4n) is 2.94. The molecule has 0 atom stereocenters. The van der Waals surface area contributed by atoms with Crippen LogP contribution in [0.4, 0.5) is 5.69 Å². The molecule has 0 unspecified atom stereocenters. The van der Waals surface area contributed by atoms with Gasteiger partial charge in [-0.1, -0.05) is 12.1 Å². The summed E-state index contributed by atoms with van der Waals surface area (Å²) in [6, 6.07) is 12.2. The number of benzene rings is 2. The molecule has 7 nitrogen and oxygen atoms in total. The van der Waals surface area contributed by atoms with Gasteiger partial charge in [0.05, 0.1) is 37.5 Å². The highest BCUT2D eigenvalue weighted by molar-refractivity contribution is 8.18. The summed E-state index contributed by atoms with van der Waals surface area (Å²) >= 11 is 1.29. The molecule has 0 N–H and O–H groups in total. The quantitative estimate of drug-likeness (QED) is 0.511. The first-order chi connectivity index (χ1) is 14.5. The van der Waals surface area contributed by atoms with Crippen LogP contribution in [0.5, 0.6) is 11.5 Å². The maximum absolute atomic E-state index is 12.9. The second kappa shape index (κ2) is 9.49. The summed E-state index contributed by atoms with van der Waals surface area (Å²) in [6.07, 6.45) is 1.78. The van der Waals surface area contributed by atoms with E-state index in [1.165, 1.54) is 18.9 Å². The van der Waals surface area contributed by atoms with Crippen molar-refractivity contribution >= 4 is 40.6 Å². The van der Waals surface area contributed by atoms with Crippen LogP contribution in [0.15, 0.2) is 52.4 Å². The first-order valence-electron chi connectivity index (χ1n) is 9.21. The molecule has 1 heterocycles. The zero-order valence-corrected chi connectivity index (χ0v) is 18.0. The Morgan fingerprint density at radius 1 is 1.10 bits per heavy atom. The van der Waals surface area contributed by atoms with E-state index in [-0.39, 0.29) is 5.91 Å². The molecule has 1 aliphatic heterocycles. The molecular formula is C22H22N2O5S. The molecule has 1 aliphatic rings. The summed E-state index contributed by atoms with van der Waals surface area (Å²) in [5.74, 6) is 0.617. The number of methoxy groups -OCH3 is 3. The topological polar surface area (TPSA) is 77.4 Å². The van der Waals surface area contributed by atoms with E-state index in [1.54, 1.807) is 55.5 Å². The monoisotopic (exact) mass is 426 g/mol. The predicted octanol–water partition coefficient (Wildman–Crippen LogP) is 4.11. The van der Waals surface area contributed by atoms with Crippen molar-refractivity contribution in [2.24, 2.45) is 4.99 Å². The lowest BCUT2D eigenvalue weighted by atomic mass is 10.1. The maximum atomic E-state index is 12.9. The third-order valence-electron chi connectivity index (χ3n) is 4.44. The number of nitrogens with zero attached hydrogens (tertiary/aromatic N) is 2. The number of amides is 1. The van der Waals surface area contributed by atoms with Crippen LogP contribution in [0.3, 0.4) is 0 Å². The number of carbonyl (C=O) groups excluding carboxylic acids is 2. The van der Waals surface area contributed by atoms with Crippen LogP contribution in [0, 0.1) is 0 Å². The van der Waals surface area contributed by atoms with Crippen LogP contribution in [0.2, 0.25) is 0 Å². The first-order valence-corrected chi connectivity index (χ1v) is 10.0. The van der Waals surface area contributed by atoms with Crippen molar-refractivity contribution in [3.05, 3.63) is 58.5 Å². The van der Waals surface area contributed by atoms with Gasteiger partial charge in [0, 0.05) is 12.1 Å². The second-order valence-corrected chi connectivity index (χ2v) is 7.18. The molecule has 3 rings (SSSR count). The number of para-hydroxylation sites is 1. The number of aliphatic imine (C=N–C) groups is 1. The summed E-state index contributed by atoms with van der Waals surface area (Å²) in [4.78, 5) is 31.2. The number of likely N-dealkylation sites (N-methyl/N-ethyl adjacent to an activating group) is 1. The van der Waals surface area contributed by atoms with Crippen LogP contribution in [0.1, 0.15) is 22.8 Å². The summed E-state index contributed by atoms with van der Waals surface area (Å²) in [5.41, 5.74) is 1.82. The minimum Gasteiger partial charge on any atom is -0.493 e. The van der Waals surface area contributed by atoms with Crippen molar-refractivity contribution in [3.63, 3.8) is 0 Å². The largest absolute Gasteiger partial charge is 0.493 e. The SMILES string of the molecule is CCN1C(=O)/C(=C/c2cccc(OC)c2OC)SC1=Nc1ccc(C(=O)OC)cc1. The van der Waals surface area contributed by atoms with Gasteiger partial charge in [-0.05, 0) is 55.1 Å². The van der Waals surface area contributed by atoms with E-state index in [0.717, 1.165) is 5.56 Å². The Bertz CT molecular complexity index is 1010. The molecule has 1 fully saturated rings. The Labute approximate surface area is 179 Å². The van der Waals surface area contributed by atoms with Gasteiger partial charge in [0.1, 0.15) is 0 Å². The van der Waals surface area contributed by atoms with Gasteiger partial charge in [0.25, 0.3) is 5.91 Å². The normalized spacial score (nSPS) is 16.3. The molecule has 0 aromatic heterocycles. The van der Waals surface area contributed by atoms with E-state index in [1.807, 2.05) is 19.1 Å². The number of hydrogen-bond acceptors (Lipinski definition) is 7. The molecule has 0 aliphatic carbocycles. The van der Waals surface area contributed by atoms with Crippen molar-refractivity contribution in [1.82, 2.24) is 4.90 Å². The average Bonchev–Trinajstić information content (AvgIpc) is 3.07. The molecule has 0 radical (unpaired) electrons. The molecule has 8 heteroatoms. The highest BCUT2D eigenvalue weighted by Crippen LogP contribution is 2.38. The number of ether oxygens (including phenoxy) is 3. The van der Waals surface area contributed by atoms with E-state index >= 15 is 0 Å². The second-order valence-electron chi connectivity index (χ2n) is 6.18. The average molecular weight is 426 g/mol. The van der Waals surface area contributed by atoms with Gasteiger partial charge < -0.3 is 14.2 Å².